The minimum atomic E-state index is -0.0108. The Kier molecular flexibility index (Phi) is 6.13. The number of benzene rings is 2. The van der Waals surface area contributed by atoms with Crippen molar-refractivity contribution in [2.75, 3.05) is 23.3 Å². The monoisotopic (exact) mass is 498 g/mol. The van der Waals surface area contributed by atoms with E-state index in [1.807, 2.05) is 0 Å². The molecule has 0 bridgehead atoms. The molecule has 184 valence electrons. The highest BCUT2D eigenvalue weighted by Crippen LogP contribution is 2.48. The number of fused-ring (bicyclic) bond motifs is 2. The van der Waals surface area contributed by atoms with Crippen LogP contribution in [0.2, 0.25) is 5.02 Å². The first-order valence-electron chi connectivity index (χ1n) is 12.9. The first kappa shape index (κ1) is 23.0. The van der Waals surface area contributed by atoms with Gasteiger partial charge >= 0.3 is 0 Å². The minimum absolute atomic E-state index is 0.0108. The van der Waals surface area contributed by atoms with Crippen molar-refractivity contribution in [2.24, 2.45) is 0 Å². The van der Waals surface area contributed by atoms with E-state index in [0.717, 1.165) is 48.7 Å². The van der Waals surface area contributed by atoms with Crippen LogP contribution in [-0.2, 0) is 0 Å². The van der Waals surface area contributed by atoms with Crippen molar-refractivity contribution in [3.8, 4) is 0 Å². The average Bonchev–Trinajstić information content (AvgIpc) is 3.59. The lowest BCUT2D eigenvalue weighted by molar-refractivity contribution is 0.662. The van der Waals surface area contributed by atoms with E-state index in [-0.39, 0.29) is 6.04 Å². The normalized spacial score (nSPS) is 20.0. The summed E-state index contributed by atoms with van der Waals surface area (Å²) in [5.41, 5.74) is 8.04. The molecule has 1 saturated heterocycles. The molecule has 3 heterocycles. The van der Waals surface area contributed by atoms with Crippen molar-refractivity contribution < 1.29 is 0 Å². The highest BCUT2D eigenvalue weighted by molar-refractivity contribution is 6.32. The topological polar surface area (TPSA) is 69.7 Å². The zero-order valence-electron chi connectivity index (χ0n) is 20.7. The summed E-state index contributed by atoms with van der Waals surface area (Å²) in [6.07, 6.45) is 11.0. The zero-order chi connectivity index (χ0) is 24.6. The molecule has 3 unspecified atom stereocenters. The number of nitrogens with one attached hydrogen (secondary N) is 2. The molecule has 2 aromatic carbocycles. The molecule has 6 nitrogen and oxygen atoms in total. The number of allylic oxidation sites excluding steroid dienone is 1. The number of nitrogens with zero attached hydrogens (tertiary/aromatic N) is 4. The first-order valence-corrected chi connectivity index (χ1v) is 13.2. The van der Waals surface area contributed by atoms with E-state index in [2.05, 4.69) is 92.6 Å². The van der Waals surface area contributed by atoms with Gasteiger partial charge in [-0.05, 0) is 60.4 Å². The van der Waals surface area contributed by atoms with Crippen LogP contribution >= 0.6 is 11.6 Å². The van der Waals surface area contributed by atoms with Crippen molar-refractivity contribution in [2.45, 2.75) is 51.0 Å². The maximum Gasteiger partial charge on any atom is 0.182 e. The third kappa shape index (κ3) is 4.03. The number of aromatic nitrogens is 4. The molecular weight excluding hydrogens is 468 g/mol. The number of imidazole rings is 1. The van der Waals surface area contributed by atoms with E-state index < -0.39 is 0 Å². The maximum absolute atomic E-state index is 6.96. The molecule has 4 aromatic rings. The second kappa shape index (κ2) is 9.58. The fourth-order valence-electron chi connectivity index (χ4n) is 5.92. The van der Waals surface area contributed by atoms with Crippen LogP contribution in [0.3, 0.4) is 0 Å². The van der Waals surface area contributed by atoms with Gasteiger partial charge in [0.1, 0.15) is 11.8 Å². The van der Waals surface area contributed by atoms with Gasteiger partial charge in [0.05, 0.1) is 12.4 Å². The smallest absolute Gasteiger partial charge is 0.182 e. The Bertz CT molecular complexity index is 1410. The molecule has 2 aliphatic rings. The van der Waals surface area contributed by atoms with Gasteiger partial charge in [-0.2, -0.15) is 0 Å². The van der Waals surface area contributed by atoms with Crippen molar-refractivity contribution >= 4 is 40.3 Å². The Labute approximate surface area is 216 Å². The van der Waals surface area contributed by atoms with E-state index in [0.29, 0.717) is 17.5 Å². The molecule has 7 heteroatoms. The molecule has 1 fully saturated rings. The SMILES string of the molecule is CCC1CC=Cc2c(Cl)cc(C(C)Nc3ncnc4nc[nH]c34)c(N3CCC(c4ccccc4)C3)c21. The van der Waals surface area contributed by atoms with Gasteiger partial charge in [0, 0.05) is 29.7 Å². The van der Waals surface area contributed by atoms with E-state index in [9.17, 15) is 0 Å². The Hall–Kier alpha value is -3.38. The predicted octanol–water partition coefficient (Wildman–Crippen LogP) is 7.08. The second-order valence-corrected chi connectivity index (χ2v) is 10.3. The van der Waals surface area contributed by atoms with E-state index in [1.54, 1.807) is 12.7 Å². The van der Waals surface area contributed by atoms with E-state index in [1.165, 1.54) is 27.9 Å². The van der Waals surface area contributed by atoms with Gasteiger partial charge in [0.2, 0.25) is 0 Å². The molecule has 2 N–H and O–H groups in total. The predicted molar refractivity (Wildman–Crippen MR) is 148 cm³/mol. The van der Waals surface area contributed by atoms with Gasteiger partial charge in [-0.1, -0.05) is 61.0 Å². The van der Waals surface area contributed by atoms with Crippen LogP contribution in [0.4, 0.5) is 11.5 Å². The van der Waals surface area contributed by atoms with Crippen LogP contribution in [0, 0.1) is 0 Å². The molecule has 6 rings (SSSR count). The third-order valence-corrected chi connectivity index (χ3v) is 8.10. The van der Waals surface area contributed by atoms with Crippen molar-refractivity contribution in [3.63, 3.8) is 0 Å². The Balaban J connectivity index is 1.43. The number of anilines is 2. The zero-order valence-corrected chi connectivity index (χ0v) is 21.5. The highest BCUT2D eigenvalue weighted by Gasteiger charge is 2.33. The van der Waals surface area contributed by atoms with Crippen molar-refractivity contribution in [1.29, 1.82) is 0 Å². The molecule has 1 aliphatic heterocycles. The highest BCUT2D eigenvalue weighted by atomic mass is 35.5. The summed E-state index contributed by atoms with van der Waals surface area (Å²) < 4.78 is 0. The first-order chi connectivity index (χ1) is 17.6. The third-order valence-electron chi connectivity index (χ3n) is 7.78. The van der Waals surface area contributed by atoms with Gasteiger partial charge in [-0.15, -0.1) is 0 Å². The summed E-state index contributed by atoms with van der Waals surface area (Å²) in [4.78, 5) is 18.8. The lowest BCUT2D eigenvalue weighted by Gasteiger charge is -2.34. The fraction of sp³-hybridized carbons (Fsp3) is 0.345. The molecule has 36 heavy (non-hydrogen) atoms. The standard InChI is InChI=1S/C29H31ClN6/c1-3-19-10-7-11-22-24(30)14-23(18(2)35-29-26-28(32-16-31-26)33-17-34-29)27(25(19)22)36-13-12-21(15-36)20-8-5-4-6-9-20/h4-9,11,14,16-19,21H,3,10,12-13,15H2,1-2H3,(H2,31,32,33,34,35). The second-order valence-electron chi connectivity index (χ2n) is 9.90. The number of hydrogen-bond acceptors (Lipinski definition) is 5. The number of halogens is 1. The molecular formula is C29H31ClN6. The molecule has 0 radical (unpaired) electrons. The molecule has 1 aliphatic carbocycles. The lowest BCUT2D eigenvalue weighted by atomic mass is 9.81. The molecule has 2 aromatic heterocycles. The number of rotatable bonds is 6. The van der Waals surface area contributed by atoms with Crippen molar-refractivity contribution in [3.05, 3.63) is 82.4 Å². The van der Waals surface area contributed by atoms with Crippen molar-refractivity contribution in [1.82, 2.24) is 19.9 Å². The Morgan fingerprint density at radius 2 is 2.06 bits per heavy atom. The number of H-pyrrole nitrogens is 1. The van der Waals surface area contributed by atoms with E-state index in [4.69, 9.17) is 11.6 Å². The summed E-state index contributed by atoms with van der Waals surface area (Å²) in [6, 6.07) is 13.1. The summed E-state index contributed by atoms with van der Waals surface area (Å²) in [5, 5.41) is 4.45. The Morgan fingerprint density at radius 1 is 1.19 bits per heavy atom. The average molecular weight is 499 g/mol. The summed E-state index contributed by atoms with van der Waals surface area (Å²) in [6.45, 7) is 6.52. The Morgan fingerprint density at radius 3 is 2.89 bits per heavy atom. The van der Waals surface area contributed by atoms with Gasteiger partial charge in [0.25, 0.3) is 0 Å². The fourth-order valence-corrected chi connectivity index (χ4v) is 6.20. The van der Waals surface area contributed by atoms with Gasteiger partial charge in [0.15, 0.2) is 11.5 Å². The largest absolute Gasteiger partial charge is 0.370 e. The quantitative estimate of drug-likeness (QED) is 0.297. The van der Waals surface area contributed by atoms with Crippen LogP contribution in [0.1, 0.15) is 73.2 Å². The summed E-state index contributed by atoms with van der Waals surface area (Å²) >= 11 is 6.96. The molecule has 0 spiro atoms. The molecule has 3 atom stereocenters. The molecule has 0 saturated carbocycles. The summed E-state index contributed by atoms with van der Waals surface area (Å²) in [7, 11) is 0. The maximum atomic E-state index is 6.96. The van der Waals surface area contributed by atoms with Crippen LogP contribution in [-0.4, -0.2) is 33.0 Å². The van der Waals surface area contributed by atoms with Crippen LogP contribution in [0.15, 0.2) is 55.1 Å². The lowest BCUT2D eigenvalue weighted by Crippen LogP contribution is -2.26. The summed E-state index contributed by atoms with van der Waals surface area (Å²) in [5.74, 6) is 1.73. The van der Waals surface area contributed by atoms with E-state index >= 15 is 0 Å². The van der Waals surface area contributed by atoms with Gasteiger partial charge in [-0.25, -0.2) is 15.0 Å². The van der Waals surface area contributed by atoms with Crippen LogP contribution in [0.25, 0.3) is 17.2 Å². The molecule has 0 amide bonds. The van der Waals surface area contributed by atoms with Crippen LogP contribution in [0.5, 0.6) is 0 Å². The minimum Gasteiger partial charge on any atom is -0.370 e. The number of hydrogen-bond donors (Lipinski definition) is 2. The van der Waals surface area contributed by atoms with Gasteiger partial charge in [-0.3, -0.25) is 0 Å². The number of aromatic amines is 1. The van der Waals surface area contributed by atoms with Gasteiger partial charge < -0.3 is 15.2 Å². The van der Waals surface area contributed by atoms with Crippen LogP contribution < -0.4 is 10.2 Å².